The van der Waals surface area contributed by atoms with E-state index in [0.717, 1.165) is 0 Å². The summed E-state index contributed by atoms with van der Waals surface area (Å²) in [5.41, 5.74) is 3.02. The molecule has 0 bridgehead atoms. The highest BCUT2D eigenvalue weighted by Gasteiger charge is 2.22. The van der Waals surface area contributed by atoms with E-state index in [0.29, 0.717) is 28.8 Å². The van der Waals surface area contributed by atoms with Crippen molar-refractivity contribution in [2.75, 3.05) is 5.32 Å². The Morgan fingerprint density at radius 3 is 2.25 bits per heavy atom. The summed E-state index contributed by atoms with van der Waals surface area (Å²) in [5.74, 6) is 0. The third kappa shape index (κ3) is 2.60. The normalized spacial score (nSPS) is 13.2. The zero-order chi connectivity index (χ0) is 14.1. The first-order valence-corrected chi connectivity index (χ1v) is 6.97. The number of halogens is 2. The van der Waals surface area contributed by atoms with Crippen molar-refractivity contribution in [3.05, 3.63) is 63.6 Å². The SMILES string of the molecule is O=C(Nc1ccc(Cl)c(Cl)c1)N1Cc2ccccc2C1. The van der Waals surface area contributed by atoms with Gasteiger partial charge in [0.1, 0.15) is 0 Å². The van der Waals surface area contributed by atoms with Gasteiger partial charge in [-0.1, -0.05) is 47.5 Å². The molecule has 0 radical (unpaired) electrons. The van der Waals surface area contributed by atoms with Crippen molar-refractivity contribution in [2.24, 2.45) is 0 Å². The first-order chi connectivity index (χ1) is 9.63. The second-order valence-electron chi connectivity index (χ2n) is 4.68. The predicted octanol–water partition coefficient (Wildman–Crippen LogP) is 4.54. The molecule has 3 rings (SSSR count). The van der Waals surface area contributed by atoms with E-state index < -0.39 is 0 Å². The number of hydrogen-bond donors (Lipinski definition) is 1. The molecule has 0 spiro atoms. The van der Waals surface area contributed by atoms with Crippen LogP contribution < -0.4 is 5.32 Å². The topological polar surface area (TPSA) is 32.3 Å². The second kappa shape index (κ2) is 5.35. The molecule has 0 atom stereocenters. The fourth-order valence-electron chi connectivity index (χ4n) is 2.25. The van der Waals surface area contributed by atoms with Crippen molar-refractivity contribution in [1.82, 2.24) is 4.90 Å². The summed E-state index contributed by atoms with van der Waals surface area (Å²) in [6, 6.07) is 13.0. The molecule has 1 aliphatic heterocycles. The van der Waals surface area contributed by atoms with Crippen molar-refractivity contribution >= 4 is 34.9 Å². The number of hydrogen-bond acceptors (Lipinski definition) is 1. The van der Waals surface area contributed by atoms with Gasteiger partial charge in [-0.2, -0.15) is 0 Å². The number of benzene rings is 2. The molecule has 2 amide bonds. The van der Waals surface area contributed by atoms with E-state index in [1.165, 1.54) is 11.1 Å². The van der Waals surface area contributed by atoms with Gasteiger partial charge in [-0.05, 0) is 29.3 Å². The van der Waals surface area contributed by atoms with Crippen molar-refractivity contribution in [3.63, 3.8) is 0 Å². The number of nitrogens with zero attached hydrogens (tertiary/aromatic N) is 1. The molecule has 3 nitrogen and oxygen atoms in total. The molecule has 1 heterocycles. The molecule has 1 aliphatic rings. The number of amides is 2. The van der Waals surface area contributed by atoms with Crippen LogP contribution in [0.15, 0.2) is 42.5 Å². The number of carbonyl (C=O) groups excluding carboxylic acids is 1. The summed E-state index contributed by atoms with van der Waals surface area (Å²) in [6.07, 6.45) is 0. The molecule has 2 aromatic rings. The van der Waals surface area contributed by atoms with Gasteiger partial charge >= 0.3 is 6.03 Å². The number of urea groups is 1. The van der Waals surface area contributed by atoms with Crippen molar-refractivity contribution < 1.29 is 4.79 Å². The Hall–Kier alpha value is -1.71. The summed E-state index contributed by atoms with van der Waals surface area (Å²) in [4.78, 5) is 14.0. The highest BCUT2D eigenvalue weighted by molar-refractivity contribution is 6.42. The maximum atomic E-state index is 12.2. The van der Waals surface area contributed by atoms with E-state index in [1.807, 2.05) is 24.3 Å². The van der Waals surface area contributed by atoms with Gasteiger partial charge in [-0.25, -0.2) is 4.79 Å². The average molecular weight is 307 g/mol. The second-order valence-corrected chi connectivity index (χ2v) is 5.50. The zero-order valence-electron chi connectivity index (χ0n) is 10.6. The smallest absolute Gasteiger partial charge is 0.316 e. The standard InChI is InChI=1S/C15H12Cl2N2O/c16-13-6-5-12(7-14(13)17)18-15(20)19-8-10-3-1-2-4-11(10)9-19/h1-7H,8-9H2,(H,18,20). The Balaban J connectivity index is 1.71. The molecule has 0 saturated carbocycles. The van der Waals surface area contributed by atoms with E-state index >= 15 is 0 Å². The summed E-state index contributed by atoms with van der Waals surface area (Å²) in [7, 11) is 0. The van der Waals surface area contributed by atoms with Crippen molar-refractivity contribution in [2.45, 2.75) is 13.1 Å². The molecule has 0 aromatic heterocycles. The molecular formula is C15H12Cl2N2O. The lowest BCUT2D eigenvalue weighted by Gasteiger charge is -2.16. The minimum absolute atomic E-state index is 0.139. The summed E-state index contributed by atoms with van der Waals surface area (Å²) >= 11 is 11.8. The molecule has 0 fully saturated rings. The monoisotopic (exact) mass is 306 g/mol. The first-order valence-electron chi connectivity index (χ1n) is 6.21. The Bertz CT molecular complexity index is 648. The number of anilines is 1. The molecule has 0 aliphatic carbocycles. The van der Waals surface area contributed by atoms with Crippen LogP contribution in [-0.2, 0) is 13.1 Å². The van der Waals surface area contributed by atoms with Gasteiger partial charge in [-0.3, -0.25) is 0 Å². The van der Waals surface area contributed by atoms with Crippen LogP contribution >= 0.6 is 23.2 Å². The molecule has 102 valence electrons. The Morgan fingerprint density at radius 1 is 1.00 bits per heavy atom. The van der Waals surface area contributed by atoms with E-state index in [4.69, 9.17) is 23.2 Å². The highest BCUT2D eigenvalue weighted by Crippen LogP contribution is 2.26. The summed E-state index contributed by atoms with van der Waals surface area (Å²) in [5, 5.41) is 3.73. The molecule has 1 N–H and O–H groups in total. The van der Waals surface area contributed by atoms with E-state index in [2.05, 4.69) is 5.32 Å². The summed E-state index contributed by atoms with van der Waals surface area (Å²) in [6.45, 7) is 1.26. The Labute approximate surface area is 127 Å². The van der Waals surface area contributed by atoms with E-state index in [1.54, 1.807) is 23.1 Å². The lowest BCUT2D eigenvalue weighted by Crippen LogP contribution is -2.30. The van der Waals surface area contributed by atoms with Crippen molar-refractivity contribution in [1.29, 1.82) is 0 Å². The minimum atomic E-state index is -0.139. The van der Waals surface area contributed by atoms with Gasteiger partial charge in [0.05, 0.1) is 10.0 Å². The molecule has 20 heavy (non-hydrogen) atoms. The average Bonchev–Trinajstić information content (AvgIpc) is 2.87. The van der Waals surface area contributed by atoms with Crippen LogP contribution in [0.2, 0.25) is 10.0 Å². The number of nitrogens with one attached hydrogen (secondary N) is 1. The van der Waals surface area contributed by atoms with Gasteiger partial charge < -0.3 is 10.2 Å². The fourth-order valence-corrected chi connectivity index (χ4v) is 2.55. The molecule has 0 saturated heterocycles. The lowest BCUT2D eigenvalue weighted by molar-refractivity contribution is 0.212. The third-order valence-corrected chi connectivity index (χ3v) is 4.04. The Kier molecular flexibility index (Phi) is 3.55. The molecular weight excluding hydrogens is 295 g/mol. The van der Waals surface area contributed by atoms with Crippen LogP contribution in [0.25, 0.3) is 0 Å². The van der Waals surface area contributed by atoms with Gasteiger partial charge in [0.2, 0.25) is 0 Å². The zero-order valence-corrected chi connectivity index (χ0v) is 12.1. The quantitative estimate of drug-likeness (QED) is 0.824. The minimum Gasteiger partial charge on any atom is -0.316 e. The molecule has 0 unspecified atom stereocenters. The van der Waals surface area contributed by atoms with Gasteiger partial charge in [-0.15, -0.1) is 0 Å². The van der Waals surface area contributed by atoms with Crippen LogP contribution in [0.5, 0.6) is 0 Å². The van der Waals surface area contributed by atoms with Crippen LogP contribution in [-0.4, -0.2) is 10.9 Å². The number of rotatable bonds is 1. The van der Waals surface area contributed by atoms with Gasteiger partial charge in [0.15, 0.2) is 0 Å². The highest BCUT2D eigenvalue weighted by atomic mass is 35.5. The lowest BCUT2D eigenvalue weighted by atomic mass is 10.1. The number of fused-ring (bicyclic) bond motifs is 1. The van der Waals surface area contributed by atoms with Crippen LogP contribution in [0.4, 0.5) is 10.5 Å². The van der Waals surface area contributed by atoms with E-state index in [-0.39, 0.29) is 6.03 Å². The predicted molar refractivity (Wildman–Crippen MR) is 81.2 cm³/mol. The first kappa shape index (κ1) is 13.3. The third-order valence-electron chi connectivity index (χ3n) is 3.30. The van der Waals surface area contributed by atoms with Gasteiger partial charge in [0, 0.05) is 18.8 Å². The van der Waals surface area contributed by atoms with Crippen LogP contribution in [0, 0.1) is 0 Å². The Morgan fingerprint density at radius 2 is 1.65 bits per heavy atom. The van der Waals surface area contributed by atoms with E-state index in [9.17, 15) is 4.79 Å². The fraction of sp³-hybridized carbons (Fsp3) is 0.133. The number of carbonyl (C=O) groups is 1. The molecule has 5 heteroatoms. The maximum absolute atomic E-state index is 12.2. The van der Waals surface area contributed by atoms with Crippen LogP contribution in [0.1, 0.15) is 11.1 Å². The largest absolute Gasteiger partial charge is 0.322 e. The van der Waals surface area contributed by atoms with Crippen molar-refractivity contribution in [3.8, 4) is 0 Å². The van der Waals surface area contributed by atoms with Gasteiger partial charge in [0.25, 0.3) is 0 Å². The summed E-state index contributed by atoms with van der Waals surface area (Å²) < 4.78 is 0. The molecule has 2 aromatic carbocycles. The maximum Gasteiger partial charge on any atom is 0.322 e. The van der Waals surface area contributed by atoms with Crippen LogP contribution in [0.3, 0.4) is 0 Å².